The molecule has 3 rings (SSSR count). The second-order valence-electron chi connectivity index (χ2n) is 6.40. The van der Waals surface area contributed by atoms with E-state index in [0.29, 0.717) is 11.3 Å². The fourth-order valence-electron chi connectivity index (χ4n) is 3.11. The van der Waals surface area contributed by atoms with Crippen molar-refractivity contribution in [3.63, 3.8) is 0 Å². The van der Waals surface area contributed by atoms with E-state index in [1.165, 1.54) is 6.07 Å². The Bertz CT molecular complexity index is 874. The van der Waals surface area contributed by atoms with Crippen LogP contribution in [0.3, 0.4) is 0 Å². The van der Waals surface area contributed by atoms with Gasteiger partial charge in [-0.25, -0.2) is 0 Å². The largest absolute Gasteiger partial charge is 0.366 e. The molecule has 0 unspecified atom stereocenters. The molecule has 3 N–H and O–H groups in total. The van der Waals surface area contributed by atoms with E-state index in [1.54, 1.807) is 36.4 Å². The minimum atomic E-state index is -0.518. The molecule has 1 aliphatic rings. The molecule has 0 saturated carbocycles. The van der Waals surface area contributed by atoms with Crippen LogP contribution in [0.15, 0.2) is 42.5 Å². The molecule has 8 heteroatoms. The van der Waals surface area contributed by atoms with Gasteiger partial charge in [0.25, 0.3) is 11.6 Å². The Balaban J connectivity index is 1.71. The van der Waals surface area contributed by atoms with Gasteiger partial charge in [-0.1, -0.05) is 12.1 Å². The average Bonchev–Trinajstić information content (AvgIpc) is 3.20. The zero-order valence-electron chi connectivity index (χ0n) is 14.7. The molecule has 0 aromatic heterocycles. The van der Waals surface area contributed by atoms with E-state index in [0.717, 1.165) is 31.5 Å². The van der Waals surface area contributed by atoms with Crippen molar-refractivity contribution in [2.45, 2.75) is 19.4 Å². The van der Waals surface area contributed by atoms with Crippen molar-refractivity contribution in [3.8, 4) is 0 Å². The van der Waals surface area contributed by atoms with E-state index in [9.17, 15) is 19.7 Å². The summed E-state index contributed by atoms with van der Waals surface area (Å²) in [6.07, 6.45) is 2.02. The molecule has 0 radical (unpaired) electrons. The molecule has 1 saturated heterocycles. The number of nitrogens with zero attached hydrogens (tertiary/aromatic N) is 2. The van der Waals surface area contributed by atoms with E-state index in [-0.39, 0.29) is 17.8 Å². The molecule has 0 atom stereocenters. The van der Waals surface area contributed by atoms with Crippen LogP contribution in [0.2, 0.25) is 0 Å². The van der Waals surface area contributed by atoms with Crippen LogP contribution < -0.4 is 16.0 Å². The van der Waals surface area contributed by atoms with Gasteiger partial charge in [0.15, 0.2) is 0 Å². The van der Waals surface area contributed by atoms with Crippen LogP contribution in [0.5, 0.6) is 0 Å². The third-order valence-corrected chi connectivity index (χ3v) is 4.57. The Morgan fingerprint density at radius 3 is 2.30 bits per heavy atom. The number of nitro groups is 1. The zero-order valence-corrected chi connectivity index (χ0v) is 14.7. The maximum absolute atomic E-state index is 12.4. The lowest BCUT2D eigenvalue weighted by molar-refractivity contribution is -0.384. The van der Waals surface area contributed by atoms with Gasteiger partial charge < -0.3 is 16.0 Å². The van der Waals surface area contributed by atoms with Gasteiger partial charge in [-0.05, 0) is 42.7 Å². The summed E-state index contributed by atoms with van der Waals surface area (Å²) in [5.41, 5.74) is 7.09. The molecule has 0 bridgehead atoms. The zero-order chi connectivity index (χ0) is 19.4. The highest BCUT2D eigenvalue weighted by Crippen LogP contribution is 2.31. The number of hydrogen-bond donors (Lipinski definition) is 2. The number of carbonyl (C=O) groups is 2. The second-order valence-corrected chi connectivity index (χ2v) is 6.40. The Labute approximate surface area is 156 Å². The number of primary amides is 1. The Morgan fingerprint density at radius 2 is 1.70 bits per heavy atom. The minimum Gasteiger partial charge on any atom is -0.366 e. The normalized spacial score (nSPS) is 13.4. The number of benzene rings is 2. The van der Waals surface area contributed by atoms with E-state index in [1.807, 2.05) is 4.90 Å². The summed E-state index contributed by atoms with van der Waals surface area (Å²) < 4.78 is 0. The van der Waals surface area contributed by atoms with E-state index >= 15 is 0 Å². The predicted octanol–water partition coefficient (Wildman–Crippen LogP) is 2.22. The molecule has 27 heavy (non-hydrogen) atoms. The van der Waals surface area contributed by atoms with Gasteiger partial charge >= 0.3 is 0 Å². The van der Waals surface area contributed by atoms with Gasteiger partial charge in [-0.3, -0.25) is 19.7 Å². The van der Waals surface area contributed by atoms with Gasteiger partial charge in [0.2, 0.25) is 5.91 Å². The molecule has 2 amide bonds. The number of amides is 2. The fraction of sp³-hybridized carbons (Fsp3) is 0.263. The summed E-state index contributed by atoms with van der Waals surface area (Å²) in [6, 6.07) is 11.1. The molecular formula is C19H20N4O4. The highest BCUT2D eigenvalue weighted by molar-refractivity contribution is 5.96. The van der Waals surface area contributed by atoms with Crippen LogP contribution >= 0.6 is 0 Å². The lowest BCUT2D eigenvalue weighted by atomic mass is 10.1. The van der Waals surface area contributed by atoms with Crippen molar-refractivity contribution in [2.24, 2.45) is 5.73 Å². The number of carbonyl (C=O) groups excluding carboxylic acids is 2. The van der Waals surface area contributed by atoms with E-state index < -0.39 is 16.7 Å². The van der Waals surface area contributed by atoms with Gasteiger partial charge in [-0.15, -0.1) is 0 Å². The quantitative estimate of drug-likeness (QED) is 0.599. The second kappa shape index (κ2) is 7.86. The molecule has 8 nitrogen and oxygen atoms in total. The first-order chi connectivity index (χ1) is 13.0. The third-order valence-electron chi connectivity index (χ3n) is 4.57. The van der Waals surface area contributed by atoms with Crippen molar-refractivity contribution < 1.29 is 14.5 Å². The van der Waals surface area contributed by atoms with Crippen LogP contribution in [-0.2, 0) is 6.54 Å². The highest BCUT2D eigenvalue weighted by atomic mass is 16.6. The molecule has 2 aromatic carbocycles. The maximum atomic E-state index is 12.4. The Hall–Kier alpha value is -3.42. The first-order valence-electron chi connectivity index (χ1n) is 8.66. The van der Waals surface area contributed by atoms with Gasteiger partial charge in [-0.2, -0.15) is 0 Å². The fourth-order valence-corrected chi connectivity index (χ4v) is 3.11. The maximum Gasteiger partial charge on any atom is 0.293 e. The molecule has 1 fully saturated rings. The predicted molar refractivity (Wildman–Crippen MR) is 101 cm³/mol. The standard InChI is InChI=1S/C19H20N4O4/c20-18(24)14-5-3-13(4-6-14)12-21-19(25)15-7-8-16(17(11-15)23(26)27)22-9-1-2-10-22/h3-8,11H,1-2,9-10,12H2,(H2,20,24)(H,21,25). The molecule has 140 valence electrons. The number of hydrogen-bond acceptors (Lipinski definition) is 5. The van der Waals surface area contributed by atoms with Crippen molar-refractivity contribution in [2.75, 3.05) is 18.0 Å². The average molecular weight is 368 g/mol. The smallest absolute Gasteiger partial charge is 0.293 e. The van der Waals surface area contributed by atoms with Crippen LogP contribution in [0, 0.1) is 10.1 Å². The summed E-state index contributed by atoms with van der Waals surface area (Å²) in [4.78, 5) is 36.4. The lowest BCUT2D eigenvalue weighted by Gasteiger charge is -2.17. The van der Waals surface area contributed by atoms with Crippen molar-refractivity contribution in [3.05, 3.63) is 69.3 Å². The molecule has 0 spiro atoms. The number of anilines is 1. The number of nitrogens with one attached hydrogen (secondary N) is 1. The minimum absolute atomic E-state index is 0.0599. The SMILES string of the molecule is NC(=O)c1ccc(CNC(=O)c2ccc(N3CCCC3)c([N+](=O)[O-])c2)cc1. The molecule has 1 heterocycles. The van der Waals surface area contributed by atoms with Crippen molar-refractivity contribution in [1.29, 1.82) is 0 Å². The van der Waals surface area contributed by atoms with Gasteiger partial charge in [0.05, 0.1) is 4.92 Å². The Kier molecular flexibility index (Phi) is 5.35. The van der Waals surface area contributed by atoms with Crippen LogP contribution in [0.4, 0.5) is 11.4 Å². The van der Waals surface area contributed by atoms with Gasteiger partial charge in [0, 0.05) is 36.8 Å². The van der Waals surface area contributed by atoms with Crippen molar-refractivity contribution in [1.82, 2.24) is 5.32 Å². The molecular weight excluding hydrogens is 348 g/mol. The highest BCUT2D eigenvalue weighted by Gasteiger charge is 2.23. The van der Waals surface area contributed by atoms with Crippen molar-refractivity contribution >= 4 is 23.2 Å². The third kappa shape index (κ3) is 4.22. The summed E-state index contributed by atoms with van der Waals surface area (Å²) in [6.45, 7) is 1.81. The van der Waals surface area contributed by atoms with Gasteiger partial charge in [0.1, 0.15) is 5.69 Å². The first-order valence-corrected chi connectivity index (χ1v) is 8.66. The first kappa shape index (κ1) is 18.4. The number of rotatable bonds is 6. The van der Waals surface area contributed by atoms with Crippen LogP contribution in [0.1, 0.15) is 39.1 Å². The summed E-state index contributed by atoms with van der Waals surface area (Å²) >= 11 is 0. The topological polar surface area (TPSA) is 119 Å². The molecule has 2 aromatic rings. The number of nitro benzene ring substituents is 1. The molecule has 1 aliphatic heterocycles. The Morgan fingerprint density at radius 1 is 1.07 bits per heavy atom. The van der Waals surface area contributed by atoms with E-state index in [2.05, 4.69) is 5.32 Å². The van der Waals surface area contributed by atoms with Crippen LogP contribution in [-0.4, -0.2) is 29.8 Å². The molecule has 0 aliphatic carbocycles. The van der Waals surface area contributed by atoms with Crippen LogP contribution in [0.25, 0.3) is 0 Å². The number of nitrogens with two attached hydrogens (primary N) is 1. The summed E-state index contributed by atoms with van der Waals surface area (Å²) in [5.74, 6) is -0.916. The lowest BCUT2D eigenvalue weighted by Crippen LogP contribution is -2.24. The van der Waals surface area contributed by atoms with E-state index in [4.69, 9.17) is 5.73 Å². The summed E-state index contributed by atoms with van der Waals surface area (Å²) in [5, 5.41) is 14.2. The monoisotopic (exact) mass is 368 g/mol. The summed E-state index contributed by atoms with van der Waals surface area (Å²) in [7, 11) is 0.